The molecule has 0 bridgehead atoms. The van der Waals surface area contributed by atoms with Crippen LogP contribution in [0, 0.1) is 0 Å². The predicted octanol–water partition coefficient (Wildman–Crippen LogP) is 6.32. The normalized spacial score (nSPS) is 12.8. The van der Waals surface area contributed by atoms with Gasteiger partial charge in [-0.15, -0.1) is 0 Å². The molecular formula is C28H28B2F3N. The minimum absolute atomic E-state index is 0.0620. The van der Waals surface area contributed by atoms with E-state index in [0.717, 1.165) is 28.3 Å². The summed E-state index contributed by atoms with van der Waals surface area (Å²) in [6, 6.07) is 19.9. The van der Waals surface area contributed by atoms with E-state index in [1.807, 2.05) is 12.1 Å². The Hall–Kier alpha value is -3.01. The fourth-order valence-electron chi connectivity index (χ4n) is 4.53. The van der Waals surface area contributed by atoms with E-state index < -0.39 is 11.7 Å². The summed E-state index contributed by atoms with van der Waals surface area (Å²) < 4.78 is 39.7. The summed E-state index contributed by atoms with van der Waals surface area (Å²) in [5.41, 5.74) is 5.68. The van der Waals surface area contributed by atoms with E-state index in [9.17, 15) is 13.2 Å². The van der Waals surface area contributed by atoms with E-state index in [2.05, 4.69) is 72.6 Å². The van der Waals surface area contributed by atoms with Crippen LogP contribution in [-0.2, 0) is 16.8 Å². The third-order valence-electron chi connectivity index (χ3n) is 6.21. The first-order valence-electron chi connectivity index (χ1n) is 11.5. The molecule has 1 nitrogen and oxygen atoms in total. The molecule has 0 aliphatic carbocycles. The molecule has 0 fully saturated rings. The first-order chi connectivity index (χ1) is 15.8. The highest BCUT2D eigenvalue weighted by atomic mass is 19.4. The van der Waals surface area contributed by atoms with Crippen LogP contribution in [0.5, 0.6) is 0 Å². The maximum absolute atomic E-state index is 13.2. The summed E-state index contributed by atoms with van der Waals surface area (Å²) in [5, 5.41) is 1.17. The van der Waals surface area contributed by atoms with Crippen molar-refractivity contribution in [2.45, 2.75) is 44.5 Å². The molecule has 34 heavy (non-hydrogen) atoms. The lowest BCUT2D eigenvalue weighted by atomic mass is 9.60. The van der Waals surface area contributed by atoms with Crippen LogP contribution in [0.4, 0.5) is 13.2 Å². The van der Waals surface area contributed by atoms with Crippen molar-refractivity contribution in [2.75, 3.05) is 0 Å². The number of alkyl halides is 3. The van der Waals surface area contributed by atoms with Gasteiger partial charge < -0.3 is 0 Å². The number of nitrogens with zero attached hydrogens (tertiary/aromatic N) is 1. The maximum atomic E-state index is 13.2. The zero-order chi connectivity index (χ0) is 24.9. The van der Waals surface area contributed by atoms with Gasteiger partial charge in [0.15, 0.2) is 0 Å². The molecule has 0 radical (unpaired) electrons. The van der Waals surface area contributed by atoms with Gasteiger partial charge in [-0.2, -0.15) is 13.2 Å². The van der Waals surface area contributed by atoms with Gasteiger partial charge in [0.25, 0.3) is 0 Å². The highest BCUT2D eigenvalue weighted by Gasteiger charge is 2.30. The zero-order valence-corrected chi connectivity index (χ0v) is 20.5. The molecule has 4 aromatic rings. The van der Waals surface area contributed by atoms with E-state index in [1.54, 1.807) is 24.4 Å². The largest absolute Gasteiger partial charge is 0.416 e. The van der Waals surface area contributed by atoms with Crippen molar-refractivity contribution in [3.63, 3.8) is 0 Å². The van der Waals surface area contributed by atoms with Crippen LogP contribution in [0.25, 0.3) is 33.2 Å². The second kappa shape index (κ2) is 8.33. The molecule has 4 rings (SSSR count). The summed E-state index contributed by atoms with van der Waals surface area (Å²) in [5.74, 6) is 0. The predicted molar refractivity (Wildman–Crippen MR) is 141 cm³/mol. The lowest BCUT2D eigenvalue weighted by Crippen LogP contribution is -2.23. The van der Waals surface area contributed by atoms with Gasteiger partial charge in [0.1, 0.15) is 15.7 Å². The number of aromatic nitrogens is 1. The molecule has 0 atom stereocenters. The molecule has 172 valence electrons. The minimum Gasteiger partial charge on any atom is -0.256 e. The van der Waals surface area contributed by atoms with Gasteiger partial charge in [-0.25, -0.2) is 0 Å². The number of pyridine rings is 1. The van der Waals surface area contributed by atoms with Crippen molar-refractivity contribution in [1.29, 1.82) is 0 Å². The van der Waals surface area contributed by atoms with E-state index >= 15 is 0 Å². The molecule has 0 spiro atoms. The van der Waals surface area contributed by atoms with Crippen LogP contribution in [-0.4, -0.2) is 20.7 Å². The summed E-state index contributed by atoms with van der Waals surface area (Å²) in [4.78, 5) is 4.62. The maximum Gasteiger partial charge on any atom is 0.416 e. The van der Waals surface area contributed by atoms with E-state index in [1.165, 1.54) is 22.8 Å². The molecule has 0 amide bonds. The quantitative estimate of drug-likeness (QED) is 0.327. The van der Waals surface area contributed by atoms with Gasteiger partial charge in [-0.1, -0.05) is 70.2 Å². The third kappa shape index (κ3) is 4.64. The Morgan fingerprint density at radius 1 is 0.735 bits per heavy atom. The molecule has 0 saturated heterocycles. The van der Waals surface area contributed by atoms with Crippen molar-refractivity contribution in [3.05, 3.63) is 89.6 Å². The Bertz CT molecular complexity index is 1330. The summed E-state index contributed by atoms with van der Waals surface area (Å²) >= 11 is 0. The second-order valence-corrected chi connectivity index (χ2v) is 10.9. The van der Waals surface area contributed by atoms with E-state index in [4.69, 9.17) is 0 Å². The van der Waals surface area contributed by atoms with Crippen molar-refractivity contribution in [1.82, 2.24) is 4.98 Å². The standard InChI is InChI=1S/C28H28B2F3N/c1-26(2,29)22-9-6-10-23(27(3,4)30)25(22)18-13-14-34-24(16-18)21-8-5-7-17-15-19(28(31,32)33)11-12-20(17)21/h5-16H,29-30H2,1-4H3. The highest BCUT2D eigenvalue weighted by Crippen LogP contribution is 2.40. The fourth-order valence-corrected chi connectivity index (χ4v) is 4.53. The molecule has 1 heterocycles. The average Bonchev–Trinajstić information content (AvgIpc) is 2.76. The summed E-state index contributed by atoms with van der Waals surface area (Å²) in [7, 11) is 4.42. The Balaban J connectivity index is 1.94. The van der Waals surface area contributed by atoms with Crippen molar-refractivity contribution in [3.8, 4) is 22.4 Å². The van der Waals surface area contributed by atoms with Crippen molar-refractivity contribution < 1.29 is 13.2 Å². The summed E-state index contributed by atoms with van der Waals surface area (Å²) in [6.45, 7) is 8.85. The molecule has 0 aliphatic heterocycles. The Morgan fingerprint density at radius 2 is 1.35 bits per heavy atom. The topological polar surface area (TPSA) is 12.9 Å². The van der Waals surface area contributed by atoms with Crippen LogP contribution in [0.1, 0.15) is 44.4 Å². The van der Waals surface area contributed by atoms with Crippen LogP contribution in [0.2, 0.25) is 0 Å². The molecule has 0 saturated carbocycles. The number of hydrogen-bond donors (Lipinski definition) is 0. The molecule has 0 N–H and O–H groups in total. The average molecular weight is 457 g/mol. The molecule has 3 aromatic carbocycles. The number of fused-ring (bicyclic) bond motifs is 1. The number of benzene rings is 3. The van der Waals surface area contributed by atoms with Crippen LogP contribution in [0.15, 0.2) is 72.9 Å². The molecule has 0 unspecified atom stereocenters. The lowest BCUT2D eigenvalue weighted by Gasteiger charge is -2.30. The number of hydrogen-bond acceptors (Lipinski definition) is 1. The Kier molecular flexibility index (Phi) is 5.91. The Labute approximate surface area is 201 Å². The van der Waals surface area contributed by atoms with Gasteiger partial charge in [-0.3, -0.25) is 4.98 Å². The molecule has 6 heteroatoms. The number of halogens is 3. The first-order valence-corrected chi connectivity index (χ1v) is 11.5. The first kappa shape index (κ1) is 24.1. The van der Waals surface area contributed by atoms with Gasteiger partial charge in [0, 0.05) is 11.8 Å². The van der Waals surface area contributed by atoms with Crippen LogP contribution >= 0.6 is 0 Å². The lowest BCUT2D eigenvalue weighted by molar-refractivity contribution is -0.137. The SMILES string of the molecule is BC(C)(C)c1cccc(C(B)(C)C)c1-c1ccnc(-c2cccc3cc(C(F)(F)F)ccc23)c1. The fraction of sp³-hybridized carbons (Fsp3) is 0.250. The van der Waals surface area contributed by atoms with Crippen molar-refractivity contribution in [2.24, 2.45) is 0 Å². The number of rotatable bonds is 4. The van der Waals surface area contributed by atoms with E-state index in [-0.39, 0.29) is 10.6 Å². The Morgan fingerprint density at radius 3 is 1.94 bits per heavy atom. The van der Waals surface area contributed by atoms with Crippen LogP contribution in [0.3, 0.4) is 0 Å². The van der Waals surface area contributed by atoms with Gasteiger partial charge in [-0.05, 0) is 67.9 Å². The van der Waals surface area contributed by atoms with E-state index in [0.29, 0.717) is 5.39 Å². The smallest absolute Gasteiger partial charge is 0.256 e. The monoisotopic (exact) mass is 457 g/mol. The molecular weight excluding hydrogens is 429 g/mol. The second-order valence-electron chi connectivity index (χ2n) is 10.9. The molecule has 1 aromatic heterocycles. The minimum atomic E-state index is -4.37. The highest BCUT2D eigenvalue weighted by molar-refractivity contribution is 6.17. The van der Waals surface area contributed by atoms with Gasteiger partial charge in [0.05, 0.1) is 11.3 Å². The zero-order valence-electron chi connectivity index (χ0n) is 20.5. The summed E-state index contributed by atoms with van der Waals surface area (Å²) in [6.07, 6.45) is -2.58. The van der Waals surface area contributed by atoms with Gasteiger partial charge in [0.2, 0.25) is 0 Å². The van der Waals surface area contributed by atoms with Crippen LogP contribution < -0.4 is 0 Å². The third-order valence-corrected chi connectivity index (χ3v) is 6.21. The van der Waals surface area contributed by atoms with Gasteiger partial charge >= 0.3 is 6.18 Å². The molecule has 0 aliphatic rings. The van der Waals surface area contributed by atoms with Crippen molar-refractivity contribution >= 4 is 26.5 Å².